The number of nitrogens with zero attached hydrogens (tertiary/aromatic N) is 4. The molecule has 24 heavy (non-hydrogen) atoms. The summed E-state index contributed by atoms with van der Waals surface area (Å²) in [7, 11) is 0. The van der Waals surface area contributed by atoms with Crippen LogP contribution in [0.2, 0.25) is 0 Å². The standard InChI is InChI=1S/C18H27N5O/c1-18(2,3)14-10-19-15(24-14)11-23-8-6-13(7-9-23)17-20-16(21-22-17)12-4-5-12/h10,12-13H,4-9,11H2,1-3H3,(H,20,21,22). The smallest absolute Gasteiger partial charge is 0.208 e. The van der Waals surface area contributed by atoms with Gasteiger partial charge in [0.1, 0.15) is 11.6 Å². The van der Waals surface area contributed by atoms with Gasteiger partial charge in [0.15, 0.2) is 5.82 Å². The number of rotatable bonds is 4. The number of nitrogens with one attached hydrogen (secondary N) is 1. The van der Waals surface area contributed by atoms with Crippen molar-refractivity contribution in [3.63, 3.8) is 0 Å². The van der Waals surface area contributed by atoms with Crippen LogP contribution < -0.4 is 0 Å². The maximum atomic E-state index is 5.92. The Bertz CT molecular complexity index is 686. The lowest BCUT2D eigenvalue weighted by molar-refractivity contribution is 0.182. The van der Waals surface area contributed by atoms with E-state index in [1.165, 1.54) is 12.8 Å². The zero-order valence-corrected chi connectivity index (χ0v) is 14.9. The summed E-state index contributed by atoms with van der Waals surface area (Å²) < 4.78 is 5.92. The predicted octanol–water partition coefficient (Wildman–Crippen LogP) is 3.35. The van der Waals surface area contributed by atoms with Gasteiger partial charge in [0.05, 0.1) is 12.7 Å². The van der Waals surface area contributed by atoms with Gasteiger partial charge >= 0.3 is 0 Å². The number of aromatic nitrogens is 4. The second kappa shape index (κ2) is 5.99. The second-order valence-electron chi connectivity index (χ2n) is 8.27. The maximum absolute atomic E-state index is 5.92. The third kappa shape index (κ3) is 3.38. The summed E-state index contributed by atoms with van der Waals surface area (Å²) in [5.41, 5.74) is 0.0177. The van der Waals surface area contributed by atoms with E-state index in [0.717, 1.165) is 55.8 Å². The quantitative estimate of drug-likeness (QED) is 0.931. The van der Waals surface area contributed by atoms with Crippen LogP contribution in [0.5, 0.6) is 0 Å². The number of piperidine rings is 1. The maximum Gasteiger partial charge on any atom is 0.208 e. The van der Waals surface area contributed by atoms with E-state index >= 15 is 0 Å². The van der Waals surface area contributed by atoms with E-state index < -0.39 is 0 Å². The zero-order valence-electron chi connectivity index (χ0n) is 14.9. The Kier molecular flexibility index (Phi) is 3.95. The molecule has 0 radical (unpaired) electrons. The molecule has 3 heterocycles. The molecule has 6 heteroatoms. The summed E-state index contributed by atoms with van der Waals surface area (Å²) in [6.07, 6.45) is 6.61. The summed E-state index contributed by atoms with van der Waals surface area (Å²) >= 11 is 0. The van der Waals surface area contributed by atoms with Crippen LogP contribution in [-0.2, 0) is 12.0 Å². The molecule has 0 aromatic carbocycles. The van der Waals surface area contributed by atoms with Crippen molar-refractivity contribution in [2.24, 2.45) is 0 Å². The average molecular weight is 329 g/mol. The lowest BCUT2D eigenvalue weighted by Crippen LogP contribution is -2.32. The molecule has 130 valence electrons. The van der Waals surface area contributed by atoms with Gasteiger partial charge in [-0.3, -0.25) is 10.00 Å². The van der Waals surface area contributed by atoms with Crippen molar-refractivity contribution in [3.05, 3.63) is 29.5 Å². The molecule has 2 fully saturated rings. The SMILES string of the molecule is CC(C)(C)c1cnc(CN2CCC(c3nc(C4CC4)n[nH]3)CC2)o1. The van der Waals surface area contributed by atoms with Crippen LogP contribution in [-0.4, -0.2) is 38.2 Å². The minimum Gasteiger partial charge on any atom is -0.444 e. The minimum atomic E-state index is 0.0177. The number of hydrogen-bond acceptors (Lipinski definition) is 5. The lowest BCUT2D eigenvalue weighted by Gasteiger charge is -2.29. The molecule has 0 unspecified atom stereocenters. The largest absolute Gasteiger partial charge is 0.444 e. The third-order valence-electron chi connectivity index (χ3n) is 5.09. The van der Waals surface area contributed by atoms with Gasteiger partial charge in [0.2, 0.25) is 5.89 Å². The highest BCUT2D eigenvalue weighted by atomic mass is 16.4. The number of hydrogen-bond donors (Lipinski definition) is 1. The average Bonchev–Trinajstić information content (AvgIpc) is 3.08. The summed E-state index contributed by atoms with van der Waals surface area (Å²) in [6, 6.07) is 0. The molecule has 0 bridgehead atoms. The number of oxazole rings is 1. The molecule has 1 N–H and O–H groups in total. The molecule has 0 spiro atoms. The van der Waals surface area contributed by atoms with Gasteiger partial charge in [-0.1, -0.05) is 20.8 Å². The van der Waals surface area contributed by atoms with Gasteiger partial charge in [-0.25, -0.2) is 9.97 Å². The van der Waals surface area contributed by atoms with Crippen molar-refractivity contribution in [2.45, 2.75) is 70.3 Å². The zero-order chi connectivity index (χ0) is 16.7. The molecule has 1 aliphatic heterocycles. The van der Waals surface area contributed by atoms with Crippen molar-refractivity contribution in [3.8, 4) is 0 Å². The van der Waals surface area contributed by atoms with Crippen molar-refractivity contribution in [1.82, 2.24) is 25.1 Å². The fraction of sp³-hybridized carbons (Fsp3) is 0.722. The minimum absolute atomic E-state index is 0.0177. The Morgan fingerprint density at radius 1 is 1.17 bits per heavy atom. The van der Waals surface area contributed by atoms with Crippen LogP contribution in [0.25, 0.3) is 0 Å². The third-order valence-corrected chi connectivity index (χ3v) is 5.09. The van der Waals surface area contributed by atoms with E-state index in [2.05, 4.69) is 40.9 Å². The van der Waals surface area contributed by atoms with E-state index in [1.54, 1.807) is 0 Å². The molecule has 1 saturated carbocycles. The van der Waals surface area contributed by atoms with Gasteiger partial charge in [-0.2, -0.15) is 5.10 Å². The Labute approximate surface area is 143 Å². The second-order valence-corrected chi connectivity index (χ2v) is 8.27. The highest BCUT2D eigenvalue weighted by Gasteiger charge is 2.30. The summed E-state index contributed by atoms with van der Waals surface area (Å²) in [4.78, 5) is 11.6. The molecular formula is C18H27N5O. The first-order valence-corrected chi connectivity index (χ1v) is 9.09. The van der Waals surface area contributed by atoms with Crippen molar-refractivity contribution >= 4 is 0 Å². The van der Waals surface area contributed by atoms with Gasteiger partial charge in [0, 0.05) is 17.3 Å². The van der Waals surface area contributed by atoms with Crippen molar-refractivity contribution in [2.75, 3.05) is 13.1 Å². The number of aromatic amines is 1. The molecule has 1 saturated heterocycles. The number of likely N-dealkylation sites (tertiary alicyclic amines) is 1. The van der Waals surface area contributed by atoms with Crippen LogP contribution in [0, 0.1) is 0 Å². The molecule has 6 nitrogen and oxygen atoms in total. The van der Waals surface area contributed by atoms with Crippen LogP contribution in [0.1, 0.15) is 81.6 Å². The normalized spacial score (nSPS) is 20.6. The van der Waals surface area contributed by atoms with Crippen LogP contribution >= 0.6 is 0 Å². The van der Waals surface area contributed by atoms with E-state index in [9.17, 15) is 0 Å². The summed E-state index contributed by atoms with van der Waals surface area (Å²) in [6.45, 7) is 9.35. The predicted molar refractivity (Wildman–Crippen MR) is 90.8 cm³/mol. The van der Waals surface area contributed by atoms with E-state index in [-0.39, 0.29) is 5.41 Å². The van der Waals surface area contributed by atoms with Gasteiger partial charge in [-0.15, -0.1) is 0 Å². The topological polar surface area (TPSA) is 70.8 Å². The van der Waals surface area contributed by atoms with Gasteiger partial charge < -0.3 is 4.42 Å². The Hall–Kier alpha value is -1.69. The molecule has 0 atom stereocenters. The Morgan fingerprint density at radius 2 is 1.92 bits per heavy atom. The molecule has 2 aliphatic rings. The highest BCUT2D eigenvalue weighted by Crippen LogP contribution is 2.38. The number of H-pyrrole nitrogens is 1. The van der Waals surface area contributed by atoms with Crippen LogP contribution in [0.15, 0.2) is 10.6 Å². The van der Waals surface area contributed by atoms with E-state index in [0.29, 0.717) is 11.8 Å². The summed E-state index contributed by atoms with van der Waals surface area (Å²) in [5, 5.41) is 7.56. The molecular weight excluding hydrogens is 302 g/mol. The molecule has 1 aliphatic carbocycles. The molecule has 2 aromatic heterocycles. The Morgan fingerprint density at radius 3 is 2.54 bits per heavy atom. The Balaban J connectivity index is 1.31. The molecule has 4 rings (SSSR count). The van der Waals surface area contributed by atoms with E-state index in [1.807, 2.05) is 6.20 Å². The van der Waals surface area contributed by atoms with Gasteiger partial charge in [-0.05, 0) is 38.8 Å². The first-order valence-electron chi connectivity index (χ1n) is 9.09. The summed E-state index contributed by atoms with van der Waals surface area (Å²) in [5.74, 6) is 5.04. The van der Waals surface area contributed by atoms with Crippen LogP contribution in [0.3, 0.4) is 0 Å². The monoisotopic (exact) mass is 329 g/mol. The fourth-order valence-electron chi connectivity index (χ4n) is 3.28. The first kappa shape index (κ1) is 15.8. The van der Waals surface area contributed by atoms with Crippen molar-refractivity contribution < 1.29 is 4.42 Å². The molecule has 2 aromatic rings. The lowest BCUT2D eigenvalue weighted by atomic mass is 9.94. The van der Waals surface area contributed by atoms with Crippen LogP contribution in [0.4, 0.5) is 0 Å². The molecule has 0 amide bonds. The van der Waals surface area contributed by atoms with Gasteiger partial charge in [0.25, 0.3) is 0 Å². The fourth-order valence-corrected chi connectivity index (χ4v) is 3.28. The highest BCUT2D eigenvalue weighted by molar-refractivity contribution is 5.08. The first-order chi connectivity index (χ1) is 11.5. The van der Waals surface area contributed by atoms with Crippen molar-refractivity contribution in [1.29, 1.82) is 0 Å². The van der Waals surface area contributed by atoms with E-state index in [4.69, 9.17) is 9.40 Å².